The van der Waals surface area contributed by atoms with Crippen LogP contribution in [0.5, 0.6) is 0 Å². The normalized spacial score (nSPS) is 13.0. The van der Waals surface area contributed by atoms with Crippen LogP contribution in [0.4, 0.5) is 5.69 Å². The van der Waals surface area contributed by atoms with Crippen molar-refractivity contribution < 1.29 is 9.72 Å². The molecule has 1 rings (SSSR count). The number of alkyl halides is 3. The van der Waals surface area contributed by atoms with E-state index in [-0.39, 0.29) is 11.3 Å². The van der Waals surface area contributed by atoms with Crippen molar-refractivity contribution in [2.24, 2.45) is 0 Å². The summed E-state index contributed by atoms with van der Waals surface area (Å²) in [6, 6.07) is 5.36. The fraction of sp³-hybridized carbons (Fsp3) is 0.462. The Morgan fingerprint density at radius 3 is 2.41 bits per heavy atom. The van der Waals surface area contributed by atoms with Crippen LogP contribution in [-0.2, 0) is 0 Å². The molecule has 0 bridgehead atoms. The molecule has 0 saturated heterocycles. The van der Waals surface area contributed by atoms with Crippen LogP contribution < -0.4 is 5.32 Å². The van der Waals surface area contributed by atoms with Crippen LogP contribution in [-0.4, -0.2) is 38.8 Å². The van der Waals surface area contributed by atoms with Crippen LogP contribution in [0.1, 0.15) is 24.2 Å². The highest BCUT2D eigenvalue weighted by Crippen LogP contribution is 2.32. The summed E-state index contributed by atoms with van der Waals surface area (Å²) >= 11 is 17.8. The quantitative estimate of drug-likeness (QED) is 0.361. The molecule has 0 radical (unpaired) electrons. The third kappa shape index (κ3) is 4.98. The molecule has 0 aliphatic carbocycles. The fourth-order valence-electron chi connectivity index (χ4n) is 1.94. The molecular weight excluding hydrogens is 353 g/mol. The average molecular weight is 369 g/mol. The predicted molar refractivity (Wildman–Crippen MR) is 87.6 cm³/mol. The summed E-state index contributed by atoms with van der Waals surface area (Å²) in [4.78, 5) is 24.2. The van der Waals surface area contributed by atoms with Gasteiger partial charge >= 0.3 is 0 Å². The number of carbonyl (C=O) groups excluding carboxylic acids is 1. The van der Waals surface area contributed by atoms with Gasteiger partial charge in [-0.2, -0.15) is 0 Å². The van der Waals surface area contributed by atoms with Crippen LogP contribution in [0.3, 0.4) is 0 Å². The number of halogens is 3. The van der Waals surface area contributed by atoms with Gasteiger partial charge in [0.15, 0.2) is 0 Å². The van der Waals surface area contributed by atoms with E-state index in [1.807, 2.05) is 13.8 Å². The average Bonchev–Trinajstić information content (AvgIpc) is 2.46. The minimum Gasteiger partial charge on any atom is -0.332 e. The maximum atomic E-state index is 12.3. The molecule has 1 atom stereocenters. The Balaban J connectivity index is 3.01. The van der Waals surface area contributed by atoms with Gasteiger partial charge in [-0.3, -0.25) is 19.8 Å². The summed E-state index contributed by atoms with van der Waals surface area (Å²) < 4.78 is -1.73. The number of nitro benzene ring substituents is 1. The van der Waals surface area contributed by atoms with Crippen molar-refractivity contribution >= 4 is 46.4 Å². The molecule has 122 valence electrons. The molecule has 1 aromatic rings. The van der Waals surface area contributed by atoms with Gasteiger partial charge in [0.25, 0.3) is 11.6 Å². The van der Waals surface area contributed by atoms with Gasteiger partial charge in [-0.25, -0.2) is 0 Å². The van der Waals surface area contributed by atoms with Crippen molar-refractivity contribution in [3.63, 3.8) is 0 Å². The van der Waals surface area contributed by atoms with Crippen molar-refractivity contribution in [2.45, 2.75) is 23.8 Å². The Hall–Kier alpha value is -1.08. The second-order valence-electron chi connectivity index (χ2n) is 4.45. The predicted octanol–water partition coefficient (Wildman–Crippen LogP) is 3.36. The van der Waals surface area contributed by atoms with E-state index in [1.54, 1.807) is 4.90 Å². The van der Waals surface area contributed by atoms with Gasteiger partial charge in [0.05, 0.1) is 4.92 Å². The molecule has 0 saturated carbocycles. The zero-order chi connectivity index (χ0) is 16.9. The minimum atomic E-state index is -1.73. The number of nitrogens with zero attached hydrogens (tertiary/aromatic N) is 2. The maximum Gasteiger partial charge on any atom is 0.270 e. The molecule has 0 fully saturated rings. The van der Waals surface area contributed by atoms with E-state index in [0.29, 0.717) is 13.1 Å². The number of hydrogen-bond acceptors (Lipinski definition) is 4. The molecule has 0 aliphatic heterocycles. The summed E-state index contributed by atoms with van der Waals surface area (Å²) in [6.45, 7) is 4.85. The Labute approximate surface area is 143 Å². The van der Waals surface area contributed by atoms with Gasteiger partial charge in [0.1, 0.15) is 6.17 Å². The molecule has 1 unspecified atom stereocenters. The SMILES string of the molecule is CCN(CC)C(NC(=O)c1cccc([N+](=O)[O-])c1)C(Cl)(Cl)Cl. The first-order valence-corrected chi connectivity index (χ1v) is 7.70. The minimum absolute atomic E-state index is 0.126. The van der Waals surface area contributed by atoms with Gasteiger partial charge in [0, 0.05) is 17.7 Å². The molecule has 1 N–H and O–H groups in total. The molecule has 1 aromatic carbocycles. The number of benzene rings is 1. The Bertz CT molecular complexity index is 545. The number of non-ortho nitro benzene ring substituents is 1. The Kier molecular flexibility index (Phi) is 6.87. The summed E-state index contributed by atoms with van der Waals surface area (Å²) in [6.07, 6.45) is -0.848. The largest absolute Gasteiger partial charge is 0.332 e. The second-order valence-corrected chi connectivity index (χ2v) is 6.82. The van der Waals surface area contributed by atoms with E-state index in [0.717, 1.165) is 0 Å². The molecule has 1 amide bonds. The molecule has 9 heteroatoms. The monoisotopic (exact) mass is 367 g/mol. The molecule has 0 heterocycles. The number of nitrogens with one attached hydrogen (secondary N) is 1. The van der Waals surface area contributed by atoms with Crippen molar-refractivity contribution in [3.8, 4) is 0 Å². The smallest absolute Gasteiger partial charge is 0.270 e. The maximum absolute atomic E-state index is 12.3. The molecule has 6 nitrogen and oxygen atoms in total. The summed E-state index contributed by atoms with van der Waals surface area (Å²) in [5.41, 5.74) is -0.0541. The third-order valence-electron chi connectivity index (χ3n) is 3.07. The van der Waals surface area contributed by atoms with Crippen LogP contribution in [0.25, 0.3) is 0 Å². The van der Waals surface area contributed by atoms with Gasteiger partial charge in [-0.05, 0) is 19.2 Å². The van der Waals surface area contributed by atoms with Gasteiger partial charge < -0.3 is 5.32 Å². The topological polar surface area (TPSA) is 75.5 Å². The highest BCUT2D eigenvalue weighted by atomic mass is 35.6. The van der Waals surface area contributed by atoms with Crippen molar-refractivity contribution in [3.05, 3.63) is 39.9 Å². The zero-order valence-electron chi connectivity index (χ0n) is 12.1. The lowest BCUT2D eigenvalue weighted by Gasteiger charge is -2.34. The summed E-state index contributed by atoms with van der Waals surface area (Å²) in [5.74, 6) is -0.549. The zero-order valence-corrected chi connectivity index (χ0v) is 14.3. The molecule has 0 aliphatic rings. The lowest BCUT2D eigenvalue weighted by atomic mass is 10.2. The summed E-state index contributed by atoms with van der Waals surface area (Å²) in [7, 11) is 0. The first kappa shape index (κ1) is 19.0. The van der Waals surface area contributed by atoms with E-state index in [4.69, 9.17) is 34.8 Å². The van der Waals surface area contributed by atoms with Crippen LogP contribution >= 0.6 is 34.8 Å². The first-order valence-electron chi connectivity index (χ1n) is 6.56. The van der Waals surface area contributed by atoms with Crippen molar-refractivity contribution in [1.82, 2.24) is 10.2 Å². The van der Waals surface area contributed by atoms with E-state index < -0.39 is 20.8 Å². The second kappa shape index (κ2) is 7.97. The van der Waals surface area contributed by atoms with Crippen molar-refractivity contribution in [2.75, 3.05) is 13.1 Å². The lowest BCUT2D eigenvalue weighted by molar-refractivity contribution is -0.384. The molecule has 0 spiro atoms. The van der Waals surface area contributed by atoms with E-state index in [9.17, 15) is 14.9 Å². The third-order valence-corrected chi connectivity index (χ3v) is 3.69. The van der Waals surface area contributed by atoms with Gasteiger partial charge in [-0.15, -0.1) is 0 Å². The van der Waals surface area contributed by atoms with Crippen LogP contribution in [0, 0.1) is 10.1 Å². The first-order chi connectivity index (χ1) is 10.2. The van der Waals surface area contributed by atoms with E-state index in [2.05, 4.69) is 5.32 Å². The van der Waals surface area contributed by atoms with E-state index >= 15 is 0 Å². The molecular formula is C13H16Cl3N3O3. The van der Waals surface area contributed by atoms with Gasteiger partial charge in [0.2, 0.25) is 3.79 Å². The highest BCUT2D eigenvalue weighted by Gasteiger charge is 2.37. The van der Waals surface area contributed by atoms with Gasteiger partial charge in [-0.1, -0.05) is 54.7 Å². The fourth-order valence-corrected chi connectivity index (χ4v) is 2.51. The number of carbonyl (C=O) groups is 1. The highest BCUT2D eigenvalue weighted by molar-refractivity contribution is 6.68. The number of amides is 1. The molecule has 0 aromatic heterocycles. The van der Waals surface area contributed by atoms with Crippen molar-refractivity contribution in [1.29, 1.82) is 0 Å². The molecule has 22 heavy (non-hydrogen) atoms. The number of hydrogen-bond donors (Lipinski definition) is 1. The number of rotatable bonds is 6. The Morgan fingerprint density at radius 2 is 1.95 bits per heavy atom. The Morgan fingerprint density at radius 1 is 1.36 bits per heavy atom. The van der Waals surface area contributed by atoms with E-state index in [1.165, 1.54) is 24.3 Å². The van der Waals surface area contributed by atoms with Crippen LogP contribution in [0.15, 0.2) is 24.3 Å². The standard InChI is InChI=1S/C13H16Cl3N3O3/c1-3-18(4-2)12(13(14,15)16)17-11(20)9-6-5-7-10(8-9)19(21)22/h5-8,12H,3-4H2,1-2H3,(H,17,20). The summed E-state index contributed by atoms with van der Waals surface area (Å²) in [5, 5.41) is 13.4. The lowest BCUT2D eigenvalue weighted by Crippen LogP contribution is -2.55. The van der Waals surface area contributed by atoms with Crippen LogP contribution in [0.2, 0.25) is 0 Å². The number of nitro groups is 1.